The number of hydrogen-bond donors (Lipinski definition) is 1. The molecule has 8 heteroatoms. The molecule has 3 aromatic rings. The van der Waals surface area contributed by atoms with Gasteiger partial charge in [-0.15, -0.1) is 5.10 Å². The van der Waals surface area contributed by atoms with E-state index in [1.807, 2.05) is 18.2 Å². The average molecular weight is 373 g/mol. The van der Waals surface area contributed by atoms with E-state index >= 15 is 0 Å². The fourth-order valence-electron chi connectivity index (χ4n) is 1.76. The summed E-state index contributed by atoms with van der Waals surface area (Å²) >= 11 is 10.3. The van der Waals surface area contributed by atoms with E-state index in [0.29, 0.717) is 15.6 Å². The molecule has 0 fully saturated rings. The average Bonchev–Trinajstić information content (AvgIpc) is 3.02. The van der Waals surface area contributed by atoms with E-state index < -0.39 is 5.97 Å². The van der Waals surface area contributed by atoms with E-state index in [0.717, 1.165) is 26.9 Å². The van der Waals surface area contributed by atoms with Crippen molar-refractivity contribution >= 4 is 55.9 Å². The standard InChI is InChI=1S/C12H7BrClN3O2S/c13-6-1-2-9-7(3-6)8(4-15-9)12(18)19-5-10-11(14)20-17-16-10/h1-4,15H,5H2. The summed E-state index contributed by atoms with van der Waals surface area (Å²) in [6, 6.07) is 5.64. The third kappa shape index (κ3) is 2.56. The van der Waals surface area contributed by atoms with Gasteiger partial charge in [-0.05, 0) is 18.2 Å². The fraction of sp³-hybridized carbons (Fsp3) is 0.0833. The van der Waals surface area contributed by atoms with Crippen molar-refractivity contribution in [3.05, 3.63) is 44.5 Å². The van der Waals surface area contributed by atoms with E-state index in [2.05, 4.69) is 30.5 Å². The Morgan fingerprint density at radius 1 is 1.50 bits per heavy atom. The number of aromatic amines is 1. The van der Waals surface area contributed by atoms with Crippen LogP contribution in [0.1, 0.15) is 16.1 Å². The van der Waals surface area contributed by atoms with Crippen LogP contribution in [0.5, 0.6) is 0 Å². The predicted molar refractivity (Wildman–Crippen MR) is 80.0 cm³/mol. The zero-order valence-corrected chi connectivity index (χ0v) is 13.1. The van der Waals surface area contributed by atoms with Crippen molar-refractivity contribution in [1.29, 1.82) is 0 Å². The van der Waals surface area contributed by atoms with Crippen molar-refractivity contribution in [3.8, 4) is 0 Å². The highest BCUT2D eigenvalue weighted by atomic mass is 79.9. The Balaban J connectivity index is 1.82. The number of H-pyrrole nitrogens is 1. The smallest absolute Gasteiger partial charge is 0.340 e. The van der Waals surface area contributed by atoms with Crippen LogP contribution in [0.15, 0.2) is 28.9 Å². The molecule has 0 aliphatic carbocycles. The topological polar surface area (TPSA) is 67.9 Å². The minimum absolute atomic E-state index is 0.00877. The molecule has 20 heavy (non-hydrogen) atoms. The first-order chi connectivity index (χ1) is 9.65. The maximum Gasteiger partial charge on any atom is 0.340 e. The van der Waals surface area contributed by atoms with Crippen LogP contribution in [0, 0.1) is 0 Å². The first kappa shape index (κ1) is 13.5. The molecule has 1 aromatic carbocycles. The molecule has 1 N–H and O–H groups in total. The van der Waals surface area contributed by atoms with Crippen LogP contribution in [-0.2, 0) is 11.3 Å². The highest BCUT2D eigenvalue weighted by Gasteiger charge is 2.15. The lowest BCUT2D eigenvalue weighted by molar-refractivity contribution is 0.0470. The molecule has 0 bridgehead atoms. The molecule has 0 unspecified atom stereocenters. The summed E-state index contributed by atoms with van der Waals surface area (Å²) < 4.78 is 10.2. The molecule has 0 atom stereocenters. The molecule has 0 radical (unpaired) electrons. The Labute approximate surface area is 131 Å². The number of nitrogens with one attached hydrogen (secondary N) is 1. The third-order valence-corrected chi connectivity index (χ3v) is 4.19. The lowest BCUT2D eigenvalue weighted by Gasteiger charge is -2.02. The number of ether oxygens (including phenoxy) is 1. The van der Waals surface area contributed by atoms with Crippen LogP contribution in [0.3, 0.4) is 0 Å². The number of hydrogen-bond acceptors (Lipinski definition) is 5. The molecule has 2 aromatic heterocycles. The molecule has 0 saturated carbocycles. The van der Waals surface area contributed by atoms with Gasteiger partial charge in [0.2, 0.25) is 0 Å². The second kappa shape index (κ2) is 5.51. The molecule has 0 spiro atoms. The second-order valence-electron chi connectivity index (χ2n) is 3.96. The summed E-state index contributed by atoms with van der Waals surface area (Å²) in [4.78, 5) is 15.1. The van der Waals surface area contributed by atoms with Crippen molar-refractivity contribution in [2.24, 2.45) is 0 Å². The fourth-order valence-corrected chi connectivity index (χ4v) is 2.72. The van der Waals surface area contributed by atoms with Crippen molar-refractivity contribution in [2.45, 2.75) is 6.61 Å². The van der Waals surface area contributed by atoms with E-state index in [4.69, 9.17) is 16.3 Å². The lowest BCUT2D eigenvalue weighted by Crippen LogP contribution is -2.05. The number of carbonyl (C=O) groups is 1. The Bertz CT molecular complexity index is 786. The minimum atomic E-state index is -0.432. The van der Waals surface area contributed by atoms with E-state index in [-0.39, 0.29) is 6.61 Å². The quantitative estimate of drug-likeness (QED) is 0.710. The van der Waals surface area contributed by atoms with E-state index in [1.54, 1.807) is 6.20 Å². The first-order valence-corrected chi connectivity index (χ1v) is 7.50. The van der Waals surface area contributed by atoms with Gasteiger partial charge in [0, 0.05) is 33.1 Å². The van der Waals surface area contributed by atoms with Crippen LogP contribution >= 0.6 is 39.1 Å². The summed E-state index contributed by atoms with van der Waals surface area (Å²) in [6.07, 6.45) is 1.63. The van der Waals surface area contributed by atoms with Gasteiger partial charge in [0.25, 0.3) is 0 Å². The van der Waals surface area contributed by atoms with Gasteiger partial charge in [-0.2, -0.15) is 0 Å². The Morgan fingerprint density at radius 2 is 2.35 bits per heavy atom. The third-order valence-electron chi connectivity index (χ3n) is 2.71. The summed E-state index contributed by atoms with van der Waals surface area (Å²) in [5.41, 5.74) is 1.81. The number of benzene rings is 1. The summed E-state index contributed by atoms with van der Waals surface area (Å²) in [5, 5.41) is 4.59. The molecule has 0 saturated heterocycles. The van der Waals surface area contributed by atoms with Crippen molar-refractivity contribution < 1.29 is 9.53 Å². The number of halogens is 2. The highest BCUT2D eigenvalue weighted by molar-refractivity contribution is 9.10. The number of carbonyl (C=O) groups excluding carboxylic acids is 1. The van der Waals surface area contributed by atoms with Crippen molar-refractivity contribution in [2.75, 3.05) is 0 Å². The molecule has 3 rings (SSSR count). The van der Waals surface area contributed by atoms with Gasteiger partial charge in [-0.25, -0.2) is 4.79 Å². The highest BCUT2D eigenvalue weighted by Crippen LogP contribution is 2.24. The van der Waals surface area contributed by atoms with Gasteiger partial charge >= 0.3 is 5.97 Å². The zero-order valence-electron chi connectivity index (χ0n) is 9.89. The number of rotatable bonds is 3. The van der Waals surface area contributed by atoms with Gasteiger partial charge < -0.3 is 9.72 Å². The summed E-state index contributed by atoms with van der Waals surface area (Å²) in [7, 11) is 0. The largest absolute Gasteiger partial charge is 0.455 e. The number of aromatic nitrogens is 3. The van der Waals surface area contributed by atoms with Crippen LogP contribution < -0.4 is 0 Å². The molecule has 0 amide bonds. The zero-order chi connectivity index (χ0) is 14.1. The minimum Gasteiger partial charge on any atom is -0.455 e. The Hall–Kier alpha value is -1.44. The van der Waals surface area contributed by atoms with Gasteiger partial charge in [0.1, 0.15) is 16.6 Å². The number of esters is 1. The molecule has 0 aliphatic heterocycles. The molecule has 2 heterocycles. The molecule has 5 nitrogen and oxygen atoms in total. The molecular weight excluding hydrogens is 366 g/mol. The van der Waals surface area contributed by atoms with Crippen molar-refractivity contribution in [3.63, 3.8) is 0 Å². The van der Waals surface area contributed by atoms with Gasteiger partial charge in [-0.1, -0.05) is 32.0 Å². The van der Waals surface area contributed by atoms with Gasteiger partial charge in [0.05, 0.1) is 5.56 Å². The maximum absolute atomic E-state index is 12.1. The molecule has 0 aliphatic rings. The SMILES string of the molecule is O=C(OCc1nnsc1Cl)c1c[nH]c2ccc(Br)cc12. The van der Waals surface area contributed by atoms with Crippen molar-refractivity contribution in [1.82, 2.24) is 14.6 Å². The predicted octanol–water partition coefficient (Wildman–Crippen LogP) is 3.79. The summed E-state index contributed by atoms with van der Waals surface area (Å²) in [5.74, 6) is -0.432. The van der Waals surface area contributed by atoms with Crippen LogP contribution in [0.4, 0.5) is 0 Å². The molecule has 102 valence electrons. The van der Waals surface area contributed by atoms with Gasteiger partial charge in [0.15, 0.2) is 0 Å². The second-order valence-corrected chi connectivity index (χ2v) is 6.23. The normalized spacial score (nSPS) is 10.9. The van der Waals surface area contributed by atoms with Gasteiger partial charge in [-0.3, -0.25) is 0 Å². The lowest BCUT2D eigenvalue weighted by atomic mass is 10.2. The Morgan fingerprint density at radius 3 is 3.10 bits per heavy atom. The van der Waals surface area contributed by atoms with Crippen LogP contribution in [0.25, 0.3) is 10.9 Å². The van der Waals surface area contributed by atoms with E-state index in [9.17, 15) is 4.79 Å². The Kier molecular flexibility index (Phi) is 3.73. The maximum atomic E-state index is 12.1. The van der Waals surface area contributed by atoms with Crippen LogP contribution in [-0.4, -0.2) is 20.5 Å². The van der Waals surface area contributed by atoms with Crippen LogP contribution in [0.2, 0.25) is 4.34 Å². The number of fused-ring (bicyclic) bond motifs is 1. The summed E-state index contributed by atoms with van der Waals surface area (Å²) in [6.45, 7) is 0.00877. The van der Waals surface area contributed by atoms with E-state index in [1.165, 1.54) is 0 Å². The number of nitrogens with zero attached hydrogens (tertiary/aromatic N) is 2. The first-order valence-electron chi connectivity index (χ1n) is 5.55. The molecular formula is C12H7BrClN3O2S. The monoisotopic (exact) mass is 371 g/mol.